The maximum absolute atomic E-state index is 5.59. The summed E-state index contributed by atoms with van der Waals surface area (Å²) in [4.78, 5) is 0. The highest BCUT2D eigenvalue weighted by Crippen LogP contribution is 2.23. The van der Waals surface area contributed by atoms with E-state index in [1.807, 2.05) is 0 Å². The summed E-state index contributed by atoms with van der Waals surface area (Å²) in [5.41, 5.74) is 16.4. The number of hydrogen-bond donors (Lipinski definition) is 6. The van der Waals surface area contributed by atoms with Gasteiger partial charge in [-0.05, 0) is 76.2 Å². The van der Waals surface area contributed by atoms with Crippen LogP contribution in [0.25, 0.3) is 0 Å². The molecule has 3 saturated heterocycles. The van der Waals surface area contributed by atoms with Gasteiger partial charge in [0.2, 0.25) is 0 Å². The molecule has 0 spiro atoms. The van der Waals surface area contributed by atoms with Crippen molar-refractivity contribution < 1.29 is 0 Å². The summed E-state index contributed by atoms with van der Waals surface area (Å²) in [6.07, 6.45) is 14.9. The van der Waals surface area contributed by atoms with Gasteiger partial charge in [-0.1, -0.05) is 58.8 Å². The minimum Gasteiger partial charge on any atom is -0.330 e. The maximum Gasteiger partial charge on any atom is 0.00629 e. The van der Waals surface area contributed by atoms with Crippen LogP contribution in [0.4, 0.5) is 0 Å². The first-order chi connectivity index (χ1) is 15.0. The van der Waals surface area contributed by atoms with Crippen molar-refractivity contribution in [2.45, 2.75) is 96.6 Å². The molecule has 3 heterocycles. The second-order valence-corrected chi connectivity index (χ2v) is 10.2. The maximum atomic E-state index is 5.59. The highest BCUT2D eigenvalue weighted by Gasteiger charge is 2.13. The summed E-state index contributed by atoms with van der Waals surface area (Å²) in [5, 5.41) is 9.58. The van der Waals surface area contributed by atoms with Crippen molar-refractivity contribution in [2.75, 3.05) is 45.8 Å². The average Bonchev–Trinajstić information content (AvgIpc) is 3.36. The van der Waals surface area contributed by atoms with Gasteiger partial charge < -0.3 is 33.2 Å². The Labute approximate surface area is 193 Å². The van der Waals surface area contributed by atoms with Crippen LogP contribution in [-0.4, -0.2) is 57.9 Å². The first-order valence-electron chi connectivity index (χ1n) is 13.4. The summed E-state index contributed by atoms with van der Waals surface area (Å²) in [6.45, 7) is 12.5. The third kappa shape index (κ3) is 16.1. The van der Waals surface area contributed by atoms with E-state index in [0.29, 0.717) is 12.1 Å². The molecule has 0 aromatic rings. The lowest BCUT2D eigenvalue weighted by Crippen LogP contribution is -2.45. The lowest BCUT2D eigenvalue weighted by molar-refractivity contribution is 0.339. The Morgan fingerprint density at radius 2 is 1.10 bits per heavy atom. The molecule has 0 unspecified atom stereocenters. The molecule has 0 amide bonds. The Morgan fingerprint density at radius 3 is 1.23 bits per heavy atom. The van der Waals surface area contributed by atoms with Crippen molar-refractivity contribution in [3.8, 4) is 0 Å². The van der Waals surface area contributed by atoms with E-state index in [-0.39, 0.29) is 0 Å². The lowest BCUT2D eigenvalue weighted by Gasteiger charge is -2.25. The van der Waals surface area contributed by atoms with Crippen LogP contribution in [0.3, 0.4) is 0 Å². The van der Waals surface area contributed by atoms with Crippen molar-refractivity contribution >= 4 is 0 Å². The molecule has 2 saturated carbocycles. The van der Waals surface area contributed by atoms with Crippen LogP contribution < -0.4 is 33.2 Å². The van der Waals surface area contributed by atoms with Crippen LogP contribution in [-0.2, 0) is 0 Å². The lowest BCUT2D eigenvalue weighted by atomic mass is 10.0. The predicted molar refractivity (Wildman–Crippen MR) is 136 cm³/mol. The third-order valence-electron chi connectivity index (χ3n) is 7.07. The number of hydrogen-bond acceptors (Lipinski definition) is 6. The minimum absolute atomic E-state index is 0.473. The zero-order valence-corrected chi connectivity index (χ0v) is 20.8. The Morgan fingerprint density at radius 1 is 0.645 bits per heavy atom. The number of nitrogens with two attached hydrogens (primary N) is 3. The molecule has 0 aromatic carbocycles. The second-order valence-electron chi connectivity index (χ2n) is 10.2. The molecular weight excluding hydrogens is 384 g/mol. The van der Waals surface area contributed by atoms with E-state index in [1.165, 1.54) is 70.9 Å². The SMILES string of the molecule is CC1CCCC1.CCC1CNC1.NC1CCCC1.NC1CCNCC1.NCC1CNC1. The number of rotatable bonds is 2. The molecule has 9 N–H and O–H groups in total. The molecule has 0 aromatic heterocycles. The zero-order chi connectivity index (χ0) is 22.7. The van der Waals surface area contributed by atoms with Gasteiger partial charge in [0.05, 0.1) is 0 Å². The van der Waals surface area contributed by atoms with E-state index in [0.717, 1.165) is 63.3 Å². The van der Waals surface area contributed by atoms with Gasteiger partial charge in [0.15, 0.2) is 0 Å². The van der Waals surface area contributed by atoms with Gasteiger partial charge >= 0.3 is 0 Å². The van der Waals surface area contributed by atoms with Gasteiger partial charge in [-0.15, -0.1) is 0 Å². The van der Waals surface area contributed by atoms with Gasteiger partial charge in [0.1, 0.15) is 0 Å². The molecule has 6 nitrogen and oxygen atoms in total. The topological polar surface area (TPSA) is 114 Å². The van der Waals surface area contributed by atoms with E-state index in [1.54, 1.807) is 0 Å². The summed E-state index contributed by atoms with van der Waals surface area (Å²) in [7, 11) is 0. The van der Waals surface area contributed by atoms with E-state index in [2.05, 4.69) is 29.8 Å². The van der Waals surface area contributed by atoms with Crippen LogP contribution in [0.2, 0.25) is 0 Å². The van der Waals surface area contributed by atoms with Gasteiger partial charge in [0.25, 0.3) is 0 Å². The van der Waals surface area contributed by atoms with Crippen LogP contribution in [0.15, 0.2) is 0 Å². The average molecular weight is 441 g/mol. The summed E-state index contributed by atoms with van der Waals surface area (Å²) in [5.74, 6) is 2.83. The molecule has 3 aliphatic heterocycles. The predicted octanol–water partition coefficient (Wildman–Crippen LogP) is 2.56. The van der Waals surface area contributed by atoms with Crippen molar-refractivity contribution in [1.82, 2.24) is 16.0 Å². The number of piperidine rings is 1. The molecule has 0 radical (unpaired) electrons. The van der Waals surface area contributed by atoms with Crippen LogP contribution in [0.1, 0.15) is 84.5 Å². The minimum atomic E-state index is 0.473. The van der Waals surface area contributed by atoms with Crippen molar-refractivity contribution in [2.24, 2.45) is 35.0 Å². The molecule has 5 fully saturated rings. The normalized spacial score (nSPS) is 24.7. The molecule has 186 valence electrons. The Hall–Kier alpha value is -0.240. The molecule has 2 aliphatic carbocycles. The molecule has 0 bridgehead atoms. The Balaban J connectivity index is 0.000000194. The quantitative estimate of drug-likeness (QED) is 0.393. The summed E-state index contributed by atoms with van der Waals surface area (Å²) < 4.78 is 0. The molecule has 6 heteroatoms. The zero-order valence-electron chi connectivity index (χ0n) is 20.8. The summed E-state index contributed by atoms with van der Waals surface area (Å²) in [6, 6.07) is 1.02. The van der Waals surface area contributed by atoms with E-state index < -0.39 is 0 Å². The molecule has 31 heavy (non-hydrogen) atoms. The first kappa shape index (κ1) is 28.8. The van der Waals surface area contributed by atoms with Gasteiger partial charge in [-0.3, -0.25) is 0 Å². The fourth-order valence-corrected chi connectivity index (χ4v) is 4.08. The van der Waals surface area contributed by atoms with Crippen LogP contribution in [0, 0.1) is 17.8 Å². The smallest absolute Gasteiger partial charge is 0.00629 e. The molecule has 0 atom stereocenters. The van der Waals surface area contributed by atoms with Crippen molar-refractivity contribution in [1.29, 1.82) is 0 Å². The van der Waals surface area contributed by atoms with E-state index in [9.17, 15) is 0 Å². The second kappa shape index (κ2) is 19.2. The fraction of sp³-hybridized carbons (Fsp3) is 1.00. The van der Waals surface area contributed by atoms with Gasteiger partial charge in [0, 0.05) is 25.2 Å². The summed E-state index contributed by atoms with van der Waals surface area (Å²) >= 11 is 0. The highest BCUT2D eigenvalue weighted by atomic mass is 15.0. The van der Waals surface area contributed by atoms with E-state index >= 15 is 0 Å². The van der Waals surface area contributed by atoms with Gasteiger partial charge in [-0.2, -0.15) is 0 Å². The Bertz CT molecular complexity index is 335. The number of nitrogens with one attached hydrogen (secondary N) is 3. The molecular formula is C25H56N6. The van der Waals surface area contributed by atoms with E-state index in [4.69, 9.17) is 17.2 Å². The standard InChI is InChI=1S/C6H12.C5H12N2.2C5H11N.C4H10N2/c1-6-4-2-3-5-6;6-5-1-3-7-4-2-5;1-2-5-3-6-4-5;6-5-3-1-2-4-5;5-1-4-2-6-3-4/h6H,2-5H2,1H3;5,7H,1-4,6H2;5-6H,2-4H2,1H3;5H,1-4,6H2;4,6H,1-3,5H2. The van der Waals surface area contributed by atoms with Gasteiger partial charge in [-0.25, -0.2) is 0 Å². The van der Waals surface area contributed by atoms with Crippen molar-refractivity contribution in [3.05, 3.63) is 0 Å². The van der Waals surface area contributed by atoms with Crippen LogP contribution in [0.5, 0.6) is 0 Å². The molecule has 5 aliphatic rings. The largest absolute Gasteiger partial charge is 0.330 e. The monoisotopic (exact) mass is 440 g/mol. The first-order valence-corrected chi connectivity index (χ1v) is 13.4. The van der Waals surface area contributed by atoms with Crippen LogP contribution >= 0.6 is 0 Å². The fourth-order valence-electron chi connectivity index (χ4n) is 4.08. The Kier molecular flexibility index (Phi) is 17.9. The third-order valence-corrected chi connectivity index (χ3v) is 7.07. The molecule has 5 rings (SSSR count). The highest BCUT2D eigenvalue weighted by molar-refractivity contribution is 4.74. The van der Waals surface area contributed by atoms with Crippen molar-refractivity contribution in [3.63, 3.8) is 0 Å².